The highest BCUT2D eigenvalue weighted by atomic mass is 16.5. The fourth-order valence-corrected chi connectivity index (χ4v) is 4.22. The Balaban J connectivity index is 1.56. The van der Waals surface area contributed by atoms with E-state index in [0.717, 1.165) is 60.4 Å². The Morgan fingerprint density at radius 2 is 2.06 bits per heavy atom. The first-order valence-corrected chi connectivity index (χ1v) is 11.7. The number of anilines is 1. The van der Waals surface area contributed by atoms with Gasteiger partial charge >= 0.3 is 5.63 Å². The zero-order valence-electron chi connectivity index (χ0n) is 19.6. The van der Waals surface area contributed by atoms with Crippen molar-refractivity contribution in [1.82, 2.24) is 5.32 Å². The number of ether oxygens (including phenoxy) is 1. The number of nitrogens with one attached hydrogen (secondary N) is 1. The van der Waals surface area contributed by atoms with Crippen LogP contribution < -0.4 is 20.6 Å². The number of benzene rings is 2. The molecule has 0 aliphatic carbocycles. The van der Waals surface area contributed by atoms with Crippen LogP contribution in [-0.4, -0.2) is 32.3 Å². The van der Waals surface area contributed by atoms with Gasteiger partial charge in [0.05, 0.1) is 12.2 Å². The van der Waals surface area contributed by atoms with Crippen molar-refractivity contribution in [3.05, 3.63) is 58.4 Å². The van der Waals surface area contributed by atoms with Crippen molar-refractivity contribution in [2.75, 3.05) is 31.1 Å². The number of rotatable bonds is 7. The molecule has 170 valence electrons. The molecule has 5 nitrogen and oxygen atoms in total. The van der Waals surface area contributed by atoms with Gasteiger partial charge < -0.3 is 19.4 Å². The fraction of sp³-hybridized carbons (Fsp3) is 0.444. The van der Waals surface area contributed by atoms with E-state index in [1.54, 1.807) is 0 Å². The number of nitrogens with zero attached hydrogens (tertiary/aromatic N) is 1. The van der Waals surface area contributed by atoms with Gasteiger partial charge in [-0.3, -0.25) is 0 Å². The molecule has 4 rings (SSSR count). The molecule has 1 aromatic heterocycles. The predicted octanol–water partition coefficient (Wildman–Crippen LogP) is 5.38. The third kappa shape index (κ3) is 4.99. The zero-order chi connectivity index (χ0) is 22.7. The second-order valence-corrected chi connectivity index (χ2v) is 9.10. The molecular formula is C27H34N2O3. The molecule has 1 fully saturated rings. The quantitative estimate of drug-likeness (QED) is 0.506. The molecule has 0 saturated carbocycles. The van der Waals surface area contributed by atoms with Crippen LogP contribution in [0.4, 0.5) is 5.69 Å². The minimum Gasteiger partial charge on any atom is -0.493 e. The van der Waals surface area contributed by atoms with Crippen LogP contribution in [0.3, 0.4) is 0 Å². The van der Waals surface area contributed by atoms with E-state index < -0.39 is 0 Å². The van der Waals surface area contributed by atoms with E-state index in [-0.39, 0.29) is 5.63 Å². The van der Waals surface area contributed by atoms with Crippen LogP contribution >= 0.6 is 0 Å². The SMILES string of the molecule is CCC(C)CCOc1ccc(-c2cc3ccc(N4CCN[C@@H](C)C4)cc3oc2=O)cc1C. The molecule has 1 unspecified atom stereocenters. The highest BCUT2D eigenvalue weighted by Crippen LogP contribution is 2.28. The van der Waals surface area contributed by atoms with Gasteiger partial charge in [0.25, 0.3) is 0 Å². The van der Waals surface area contributed by atoms with Gasteiger partial charge in [-0.15, -0.1) is 0 Å². The molecule has 1 aliphatic rings. The summed E-state index contributed by atoms with van der Waals surface area (Å²) in [7, 11) is 0. The molecule has 1 N–H and O–H groups in total. The molecule has 2 atom stereocenters. The van der Waals surface area contributed by atoms with Gasteiger partial charge in [0, 0.05) is 42.8 Å². The second-order valence-electron chi connectivity index (χ2n) is 9.10. The first-order chi connectivity index (χ1) is 15.4. The van der Waals surface area contributed by atoms with Crippen LogP contribution in [0.5, 0.6) is 5.75 Å². The molecule has 5 heteroatoms. The monoisotopic (exact) mass is 434 g/mol. The van der Waals surface area contributed by atoms with Crippen LogP contribution in [-0.2, 0) is 0 Å². The van der Waals surface area contributed by atoms with E-state index >= 15 is 0 Å². The maximum atomic E-state index is 12.8. The molecule has 2 heterocycles. The van der Waals surface area contributed by atoms with Crippen LogP contribution in [0, 0.1) is 12.8 Å². The van der Waals surface area contributed by atoms with Crippen molar-refractivity contribution in [3.8, 4) is 16.9 Å². The van der Waals surface area contributed by atoms with Crippen molar-refractivity contribution in [3.63, 3.8) is 0 Å². The number of aryl methyl sites for hydroxylation is 1. The standard InChI is InChI=1S/C27H34N2O3/c1-5-18(2)10-13-31-25-9-7-21(14-19(25)3)24-15-22-6-8-23(16-26(22)32-27(24)30)29-12-11-28-20(4)17-29/h6-9,14-16,18,20,28H,5,10-13,17H2,1-4H3/t18?,20-/m0/s1. The van der Waals surface area contributed by atoms with Gasteiger partial charge in [0.2, 0.25) is 0 Å². The maximum absolute atomic E-state index is 12.8. The molecule has 2 aromatic carbocycles. The van der Waals surface area contributed by atoms with Crippen LogP contribution in [0.25, 0.3) is 22.1 Å². The van der Waals surface area contributed by atoms with Crippen LogP contribution in [0.15, 0.2) is 51.7 Å². The van der Waals surface area contributed by atoms with Crippen LogP contribution in [0.2, 0.25) is 0 Å². The van der Waals surface area contributed by atoms with Crippen molar-refractivity contribution >= 4 is 16.7 Å². The minimum absolute atomic E-state index is 0.312. The minimum atomic E-state index is -0.312. The molecule has 32 heavy (non-hydrogen) atoms. The molecule has 1 aliphatic heterocycles. The first-order valence-electron chi connectivity index (χ1n) is 11.7. The summed E-state index contributed by atoms with van der Waals surface area (Å²) in [6.07, 6.45) is 2.20. The van der Waals surface area contributed by atoms with Crippen molar-refractivity contribution in [2.45, 2.75) is 46.6 Å². The zero-order valence-corrected chi connectivity index (χ0v) is 19.6. The van der Waals surface area contributed by atoms with Crippen molar-refractivity contribution in [2.24, 2.45) is 5.92 Å². The highest BCUT2D eigenvalue weighted by molar-refractivity contribution is 5.84. The fourth-order valence-electron chi connectivity index (χ4n) is 4.22. The van der Waals surface area contributed by atoms with E-state index in [2.05, 4.69) is 37.1 Å². The van der Waals surface area contributed by atoms with Gasteiger partial charge in [-0.1, -0.05) is 26.3 Å². The van der Waals surface area contributed by atoms with Gasteiger partial charge in [-0.05, 0) is 67.6 Å². The lowest BCUT2D eigenvalue weighted by atomic mass is 10.0. The Bertz CT molecular complexity index is 1140. The molecule has 1 saturated heterocycles. The molecule has 0 amide bonds. The maximum Gasteiger partial charge on any atom is 0.344 e. The Kier molecular flexibility index (Phi) is 6.85. The third-order valence-electron chi connectivity index (χ3n) is 6.50. The normalized spacial score (nSPS) is 17.5. The molecule has 0 spiro atoms. The summed E-state index contributed by atoms with van der Waals surface area (Å²) in [5.41, 5.74) is 3.87. The topological polar surface area (TPSA) is 54.7 Å². The van der Waals surface area contributed by atoms with E-state index in [9.17, 15) is 4.79 Å². The van der Waals surface area contributed by atoms with Gasteiger partial charge in [0.15, 0.2) is 0 Å². The first kappa shape index (κ1) is 22.4. The lowest BCUT2D eigenvalue weighted by molar-refractivity contribution is 0.280. The summed E-state index contributed by atoms with van der Waals surface area (Å²) in [4.78, 5) is 15.2. The average Bonchev–Trinajstić information content (AvgIpc) is 2.79. The van der Waals surface area contributed by atoms with E-state index in [0.29, 0.717) is 29.7 Å². The van der Waals surface area contributed by atoms with E-state index in [1.165, 1.54) is 0 Å². The number of hydrogen-bond donors (Lipinski definition) is 1. The average molecular weight is 435 g/mol. The lowest BCUT2D eigenvalue weighted by Crippen LogP contribution is -2.49. The number of piperazine rings is 1. The summed E-state index contributed by atoms with van der Waals surface area (Å²) in [6.45, 7) is 12.2. The lowest BCUT2D eigenvalue weighted by Gasteiger charge is -2.33. The summed E-state index contributed by atoms with van der Waals surface area (Å²) in [6, 6.07) is 14.4. The summed E-state index contributed by atoms with van der Waals surface area (Å²) in [5, 5.41) is 4.39. The second kappa shape index (κ2) is 9.78. The van der Waals surface area contributed by atoms with Crippen molar-refractivity contribution < 1.29 is 9.15 Å². The Morgan fingerprint density at radius 3 is 2.81 bits per heavy atom. The Hall–Kier alpha value is -2.79. The highest BCUT2D eigenvalue weighted by Gasteiger charge is 2.17. The molecule has 3 aromatic rings. The summed E-state index contributed by atoms with van der Waals surface area (Å²) >= 11 is 0. The Labute approximate surface area is 190 Å². The van der Waals surface area contributed by atoms with E-state index in [4.69, 9.17) is 9.15 Å². The smallest absolute Gasteiger partial charge is 0.344 e. The molecule has 0 bridgehead atoms. The number of fused-ring (bicyclic) bond motifs is 1. The van der Waals surface area contributed by atoms with E-state index in [1.807, 2.05) is 43.3 Å². The van der Waals surface area contributed by atoms with Crippen LogP contribution in [0.1, 0.15) is 39.2 Å². The summed E-state index contributed by atoms with van der Waals surface area (Å²) < 4.78 is 11.7. The van der Waals surface area contributed by atoms with Gasteiger partial charge in [-0.25, -0.2) is 4.79 Å². The predicted molar refractivity (Wildman–Crippen MR) is 132 cm³/mol. The molecular weight excluding hydrogens is 400 g/mol. The number of hydrogen-bond acceptors (Lipinski definition) is 5. The molecule has 0 radical (unpaired) electrons. The van der Waals surface area contributed by atoms with Gasteiger partial charge in [-0.2, -0.15) is 0 Å². The van der Waals surface area contributed by atoms with Gasteiger partial charge in [0.1, 0.15) is 11.3 Å². The van der Waals surface area contributed by atoms with Crippen molar-refractivity contribution in [1.29, 1.82) is 0 Å². The Morgan fingerprint density at radius 1 is 1.22 bits per heavy atom. The third-order valence-corrected chi connectivity index (χ3v) is 6.50. The summed E-state index contributed by atoms with van der Waals surface area (Å²) in [5.74, 6) is 1.53. The largest absolute Gasteiger partial charge is 0.493 e.